The monoisotopic (exact) mass is 226 g/mol. The number of ether oxygens (including phenoxy) is 1. The van der Waals surface area contributed by atoms with E-state index in [-0.39, 0.29) is 6.10 Å². The summed E-state index contributed by atoms with van der Waals surface area (Å²) in [5.41, 5.74) is 0.427. The van der Waals surface area contributed by atoms with Gasteiger partial charge in [-0.3, -0.25) is 0 Å². The van der Waals surface area contributed by atoms with Crippen molar-refractivity contribution >= 4 is 11.3 Å². The summed E-state index contributed by atoms with van der Waals surface area (Å²) < 4.78 is 5.36. The molecule has 1 heterocycles. The standard InChI is InChI=1S/C12H18O2S/c1-9-6-10(8-15-9)12(13)5-3-4-11(7-12)14-2/h6,8,11,13H,3-5,7H2,1-2H3. The molecule has 0 spiro atoms. The lowest BCUT2D eigenvalue weighted by molar-refractivity contribution is -0.0629. The van der Waals surface area contributed by atoms with Gasteiger partial charge in [-0.25, -0.2) is 0 Å². The first kappa shape index (κ1) is 11.1. The maximum atomic E-state index is 10.6. The fourth-order valence-electron chi connectivity index (χ4n) is 2.35. The number of thiophene rings is 1. The van der Waals surface area contributed by atoms with E-state index in [1.807, 2.05) is 0 Å². The number of rotatable bonds is 2. The van der Waals surface area contributed by atoms with Crippen molar-refractivity contribution in [1.82, 2.24) is 0 Å². The van der Waals surface area contributed by atoms with E-state index < -0.39 is 5.60 Å². The highest BCUT2D eigenvalue weighted by atomic mass is 32.1. The van der Waals surface area contributed by atoms with E-state index in [1.165, 1.54) is 4.88 Å². The van der Waals surface area contributed by atoms with E-state index >= 15 is 0 Å². The minimum Gasteiger partial charge on any atom is -0.385 e. The quantitative estimate of drug-likeness (QED) is 0.840. The molecule has 1 saturated carbocycles. The van der Waals surface area contributed by atoms with Gasteiger partial charge in [0.2, 0.25) is 0 Å². The maximum Gasteiger partial charge on any atom is 0.0929 e. The van der Waals surface area contributed by atoms with Gasteiger partial charge in [0.25, 0.3) is 0 Å². The van der Waals surface area contributed by atoms with E-state index in [1.54, 1.807) is 18.4 Å². The number of hydrogen-bond acceptors (Lipinski definition) is 3. The highest BCUT2D eigenvalue weighted by molar-refractivity contribution is 7.10. The van der Waals surface area contributed by atoms with Crippen LogP contribution in [0.2, 0.25) is 0 Å². The Balaban J connectivity index is 2.18. The molecule has 1 aromatic heterocycles. The summed E-state index contributed by atoms with van der Waals surface area (Å²) in [5.74, 6) is 0. The van der Waals surface area contributed by atoms with Crippen LogP contribution in [0.4, 0.5) is 0 Å². The molecule has 2 rings (SSSR count). The molecule has 1 fully saturated rings. The molecule has 1 N–H and O–H groups in total. The summed E-state index contributed by atoms with van der Waals surface area (Å²) in [5, 5.41) is 12.7. The predicted molar refractivity (Wildman–Crippen MR) is 62.2 cm³/mol. The number of aryl methyl sites for hydroxylation is 1. The molecular formula is C12H18O2S. The van der Waals surface area contributed by atoms with Gasteiger partial charge in [-0.05, 0) is 43.2 Å². The van der Waals surface area contributed by atoms with Crippen molar-refractivity contribution in [2.75, 3.05) is 7.11 Å². The van der Waals surface area contributed by atoms with E-state index in [0.29, 0.717) is 0 Å². The van der Waals surface area contributed by atoms with E-state index in [9.17, 15) is 5.11 Å². The molecule has 1 aromatic rings. The van der Waals surface area contributed by atoms with E-state index in [2.05, 4.69) is 18.4 Å². The van der Waals surface area contributed by atoms with Gasteiger partial charge in [0, 0.05) is 18.4 Å². The second-order valence-electron chi connectivity index (χ2n) is 4.43. The Labute approximate surface area is 94.9 Å². The summed E-state index contributed by atoms with van der Waals surface area (Å²) >= 11 is 1.70. The van der Waals surface area contributed by atoms with E-state index in [4.69, 9.17) is 4.74 Å². The minimum absolute atomic E-state index is 0.212. The molecule has 2 unspecified atom stereocenters. The summed E-state index contributed by atoms with van der Waals surface area (Å²) in [6, 6.07) is 2.10. The Morgan fingerprint density at radius 3 is 3.00 bits per heavy atom. The van der Waals surface area contributed by atoms with Crippen LogP contribution in [0.1, 0.15) is 36.1 Å². The third-order valence-electron chi connectivity index (χ3n) is 3.28. The molecular weight excluding hydrogens is 208 g/mol. The zero-order valence-corrected chi connectivity index (χ0v) is 10.1. The number of hydrogen-bond donors (Lipinski definition) is 1. The molecule has 2 atom stereocenters. The van der Waals surface area contributed by atoms with Crippen LogP contribution in [0.15, 0.2) is 11.4 Å². The topological polar surface area (TPSA) is 29.5 Å². The molecule has 1 aliphatic rings. The Hall–Kier alpha value is -0.380. The molecule has 84 valence electrons. The highest BCUT2D eigenvalue weighted by Crippen LogP contribution is 2.39. The van der Waals surface area contributed by atoms with Gasteiger partial charge >= 0.3 is 0 Å². The lowest BCUT2D eigenvalue weighted by Gasteiger charge is -2.35. The zero-order valence-electron chi connectivity index (χ0n) is 9.32. The Morgan fingerprint density at radius 1 is 1.60 bits per heavy atom. The fourth-order valence-corrected chi connectivity index (χ4v) is 3.15. The van der Waals surface area contributed by atoms with Crippen molar-refractivity contribution < 1.29 is 9.84 Å². The van der Waals surface area contributed by atoms with Crippen LogP contribution < -0.4 is 0 Å². The number of methoxy groups -OCH3 is 1. The Bertz CT molecular complexity index is 334. The maximum absolute atomic E-state index is 10.6. The van der Waals surface area contributed by atoms with Gasteiger partial charge in [0.05, 0.1) is 11.7 Å². The summed E-state index contributed by atoms with van der Waals surface area (Å²) in [7, 11) is 1.73. The molecule has 3 heteroatoms. The lowest BCUT2D eigenvalue weighted by Crippen LogP contribution is -2.35. The van der Waals surface area contributed by atoms with Crippen LogP contribution in [-0.2, 0) is 10.3 Å². The van der Waals surface area contributed by atoms with Crippen molar-refractivity contribution in [2.45, 2.75) is 44.3 Å². The zero-order chi connectivity index (χ0) is 10.9. The van der Waals surface area contributed by atoms with Crippen molar-refractivity contribution in [3.8, 4) is 0 Å². The molecule has 15 heavy (non-hydrogen) atoms. The van der Waals surface area contributed by atoms with Gasteiger partial charge in [0.1, 0.15) is 0 Å². The van der Waals surface area contributed by atoms with Gasteiger partial charge < -0.3 is 9.84 Å². The molecule has 0 saturated heterocycles. The van der Waals surface area contributed by atoms with Gasteiger partial charge in [-0.1, -0.05) is 0 Å². The predicted octanol–water partition coefficient (Wildman–Crippen LogP) is 2.83. The van der Waals surface area contributed by atoms with Crippen LogP contribution >= 0.6 is 11.3 Å². The minimum atomic E-state index is -0.649. The molecule has 1 aliphatic carbocycles. The lowest BCUT2D eigenvalue weighted by atomic mass is 9.79. The average molecular weight is 226 g/mol. The Kier molecular flexibility index (Phi) is 3.14. The third kappa shape index (κ3) is 2.25. The molecule has 0 aromatic carbocycles. The first-order valence-corrected chi connectivity index (χ1v) is 6.33. The fraction of sp³-hybridized carbons (Fsp3) is 0.667. The highest BCUT2D eigenvalue weighted by Gasteiger charge is 2.36. The van der Waals surface area contributed by atoms with Crippen molar-refractivity contribution in [1.29, 1.82) is 0 Å². The van der Waals surface area contributed by atoms with Crippen LogP contribution in [-0.4, -0.2) is 18.3 Å². The second-order valence-corrected chi connectivity index (χ2v) is 5.55. The largest absolute Gasteiger partial charge is 0.385 e. The van der Waals surface area contributed by atoms with Gasteiger partial charge in [-0.15, -0.1) is 11.3 Å². The average Bonchev–Trinajstić information content (AvgIpc) is 2.65. The first-order chi connectivity index (χ1) is 7.14. The smallest absolute Gasteiger partial charge is 0.0929 e. The van der Waals surface area contributed by atoms with Crippen LogP contribution in [0.5, 0.6) is 0 Å². The second kappa shape index (κ2) is 4.24. The Morgan fingerprint density at radius 2 is 2.40 bits per heavy atom. The first-order valence-electron chi connectivity index (χ1n) is 5.45. The summed E-state index contributed by atoms with van der Waals surface area (Å²) in [6.07, 6.45) is 3.93. The molecule has 2 nitrogen and oxygen atoms in total. The van der Waals surface area contributed by atoms with Gasteiger partial charge in [-0.2, -0.15) is 0 Å². The molecule has 0 aliphatic heterocycles. The molecule has 0 radical (unpaired) electrons. The van der Waals surface area contributed by atoms with Crippen LogP contribution in [0.25, 0.3) is 0 Å². The van der Waals surface area contributed by atoms with Crippen molar-refractivity contribution in [2.24, 2.45) is 0 Å². The van der Waals surface area contributed by atoms with Crippen LogP contribution in [0.3, 0.4) is 0 Å². The normalized spacial score (nSPS) is 31.8. The van der Waals surface area contributed by atoms with Gasteiger partial charge in [0.15, 0.2) is 0 Å². The summed E-state index contributed by atoms with van der Waals surface area (Å²) in [6.45, 7) is 2.08. The molecule has 0 amide bonds. The number of aliphatic hydroxyl groups is 1. The SMILES string of the molecule is COC1CCCC(O)(c2csc(C)c2)C1. The molecule has 0 bridgehead atoms. The summed E-state index contributed by atoms with van der Waals surface area (Å²) in [4.78, 5) is 1.26. The van der Waals surface area contributed by atoms with Crippen molar-refractivity contribution in [3.63, 3.8) is 0 Å². The third-order valence-corrected chi connectivity index (χ3v) is 4.14. The van der Waals surface area contributed by atoms with Crippen molar-refractivity contribution in [3.05, 3.63) is 21.9 Å². The van der Waals surface area contributed by atoms with E-state index in [0.717, 1.165) is 31.2 Å². The van der Waals surface area contributed by atoms with Crippen LogP contribution in [0, 0.1) is 6.92 Å².